The molecule has 6 nitrogen and oxygen atoms in total. The maximum absolute atomic E-state index is 6.16. The molecule has 0 aliphatic rings. The minimum Gasteiger partial charge on any atom is -0.383 e. The largest absolute Gasteiger partial charge is 0.383 e. The van der Waals surface area contributed by atoms with E-state index in [-0.39, 0.29) is 6.04 Å². The zero-order chi connectivity index (χ0) is 14.9. The molecule has 2 aromatic rings. The van der Waals surface area contributed by atoms with Gasteiger partial charge in [0.2, 0.25) is 5.95 Å². The van der Waals surface area contributed by atoms with Gasteiger partial charge in [0, 0.05) is 14.2 Å². The van der Waals surface area contributed by atoms with Gasteiger partial charge in [-0.05, 0) is 12.3 Å². The van der Waals surface area contributed by atoms with Crippen LogP contribution in [0.2, 0.25) is 0 Å². The van der Waals surface area contributed by atoms with Gasteiger partial charge in [-0.25, -0.2) is 4.98 Å². The van der Waals surface area contributed by atoms with Crippen molar-refractivity contribution in [3.63, 3.8) is 0 Å². The molecule has 2 heterocycles. The molecule has 0 amide bonds. The van der Waals surface area contributed by atoms with E-state index in [0.29, 0.717) is 18.5 Å². The van der Waals surface area contributed by atoms with Crippen LogP contribution in [0.25, 0.3) is 11.2 Å². The zero-order valence-electron chi connectivity index (χ0n) is 13.1. The predicted octanol–water partition coefficient (Wildman–Crippen LogP) is 2.15. The molecule has 0 aliphatic heterocycles. The summed E-state index contributed by atoms with van der Waals surface area (Å²) in [5, 5.41) is 4.58. The monoisotopic (exact) mass is 279 g/mol. The molecule has 0 fully saturated rings. The lowest BCUT2D eigenvalue weighted by molar-refractivity contribution is 0.135. The summed E-state index contributed by atoms with van der Waals surface area (Å²) in [6.07, 6.45) is 1.97. The van der Waals surface area contributed by atoms with Crippen molar-refractivity contribution in [1.29, 1.82) is 0 Å². The maximum Gasteiger partial charge on any atom is 0.202 e. The van der Waals surface area contributed by atoms with E-state index in [1.165, 1.54) is 0 Å². The van der Waals surface area contributed by atoms with Gasteiger partial charge in [0.25, 0.3) is 0 Å². The first-order valence-corrected chi connectivity index (χ1v) is 7.19. The van der Waals surface area contributed by atoms with Gasteiger partial charge in [-0.2, -0.15) is 5.10 Å². The summed E-state index contributed by atoms with van der Waals surface area (Å²) in [5.41, 5.74) is 9.09. The average Bonchev–Trinajstić information content (AvgIpc) is 2.85. The third-order valence-electron chi connectivity index (χ3n) is 3.69. The highest BCUT2D eigenvalue weighted by Crippen LogP contribution is 2.29. The number of rotatable bonds is 6. The summed E-state index contributed by atoms with van der Waals surface area (Å²) in [4.78, 5) is 4.54. The van der Waals surface area contributed by atoms with Gasteiger partial charge in [0.05, 0.1) is 18.3 Å². The topological polar surface area (TPSA) is 70.9 Å². The first-order valence-electron chi connectivity index (χ1n) is 7.19. The lowest BCUT2D eigenvalue weighted by Gasteiger charge is -2.23. The van der Waals surface area contributed by atoms with E-state index < -0.39 is 0 Å². The van der Waals surface area contributed by atoms with Crippen LogP contribution in [0.1, 0.15) is 38.9 Å². The minimum absolute atomic E-state index is 0.162. The molecular formula is C14H25N5O. The molecule has 0 saturated heterocycles. The highest BCUT2D eigenvalue weighted by molar-refractivity contribution is 5.78. The molecule has 20 heavy (non-hydrogen) atoms. The summed E-state index contributed by atoms with van der Waals surface area (Å²) < 4.78 is 9.30. The lowest BCUT2D eigenvalue weighted by Crippen LogP contribution is -2.22. The van der Waals surface area contributed by atoms with Crippen molar-refractivity contribution in [2.75, 3.05) is 19.5 Å². The number of ether oxygens (including phenoxy) is 1. The van der Waals surface area contributed by atoms with E-state index in [2.05, 4.69) is 35.4 Å². The number of aryl methyl sites for hydroxylation is 2. The summed E-state index contributed by atoms with van der Waals surface area (Å²) in [5.74, 6) is 0.945. The van der Waals surface area contributed by atoms with E-state index >= 15 is 0 Å². The average molecular weight is 279 g/mol. The fraction of sp³-hybridized carbons (Fsp3) is 0.714. The molecule has 6 heteroatoms. The summed E-state index contributed by atoms with van der Waals surface area (Å²) in [6.45, 7) is 7.08. The Bertz CT molecular complexity index is 584. The molecule has 1 unspecified atom stereocenters. The van der Waals surface area contributed by atoms with Crippen LogP contribution in [-0.2, 0) is 18.2 Å². The van der Waals surface area contributed by atoms with Crippen molar-refractivity contribution < 1.29 is 4.74 Å². The van der Waals surface area contributed by atoms with Crippen molar-refractivity contribution in [1.82, 2.24) is 19.3 Å². The smallest absolute Gasteiger partial charge is 0.202 e. The number of hydrogen-bond donors (Lipinski definition) is 1. The molecule has 2 aromatic heterocycles. The van der Waals surface area contributed by atoms with Crippen molar-refractivity contribution in [2.24, 2.45) is 13.0 Å². The Hall–Kier alpha value is -1.56. The highest BCUT2D eigenvalue weighted by Gasteiger charge is 2.25. The third kappa shape index (κ3) is 2.40. The normalized spacial score (nSPS) is 13.5. The van der Waals surface area contributed by atoms with Crippen LogP contribution >= 0.6 is 0 Å². The van der Waals surface area contributed by atoms with Crippen LogP contribution in [0.3, 0.4) is 0 Å². The number of anilines is 1. The van der Waals surface area contributed by atoms with Crippen LogP contribution in [-0.4, -0.2) is 33.0 Å². The number of fused-ring (bicyclic) bond motifs is 1. The second-order valence-corrected chi connectivity index (χ2v) is 5.60. The van der Waals surface area contributed by atoms with Gasteiger partial charge < -0.3 is 10.5 Å². The molecule has 2 rings (SSSR count). The van der Waals surface area contributed by atoms with E-state index in [1.807, 2.05) is 11.7 Å². The Labute approximate surface area is 119 Å². The molecule has 2 N–H and O–H groups in total. The Morgan fingerprint density at radius 1 is 1.35 bits per heavy atom. The van der Waals surface area contributed by atoms with Crippen LogP contribution in [0.5, 0.6) is 0 Å². The summed E-state index contributed by atoms with van der Waals surface area (Å²) in [6, 6.07) is 0.162. The van der Waals surface area contributed by atoms with Crippen molar-refractivity contribution in [3.05, 3.63) is 5.69 Å². The fourth-order valence-corrected chi connectivity index (χ4v) is 2.69. The van der Waals surface area contributed by atoms with Crippen LogP contribution in [0.15, 0.2) is 0 Å². The second-order valence-electron chi connectivity index (χ2n) is 5.60. The summed E-state index contributed by atoms with van der Waals surface area (Å²) in [7, 11) is 3.66. The lowest BCUT2D eigenvalue weighted by atomic mass is 10.1. The SMILES string of the molecule is CCCc1nn(C)c2c1nc(N)n2C(COC)C(C)C. The van der Waals surface area contributed by atoms with Gasteiger partial charge in [0.15, 0.2) is 5.65 Å². The number of nitrogen functional groups attached to an aromatic ring is 1. The Morgan fingerprint density at radius 3 is 2.60 bits per heavy atom. The molecule has 0 aliphatic carbocycles. The molecular weight excluding hydrogens is 254 g/mol. The van der Waals surface area contributed by atoms with Gasteiger partial charge in [-0.15, -0.1) is 0 Å². The van der Waals surface area contributed by atoms with Gasteiger partial charge in [-0.1, -0.05) is 27.2 Å². The molecule has 0 bridgehead atoms. The molecule has 0 radical (unpaired) electrons. The number of methoxy groups -OCH3 is 1. The summed E-state index contributed by atoms with van der Waals surface area (Å²) >= 11 is 0. The van der Waals surface area contributed by atoms with E-state index in [0.717, 1.165) is 29.7 Å². The van der Waals surface area contributed by atoms with Crippen LogP contribution in [0.4, 0.5) is 5.95 Å². The molecule has 0 aromatic carbocycles. The zero-order valence-corrected chi connectivity index (χ0v) is 13.1. The van der Waals surface area contributed by atoms with Crippen LogP contribution < -0.4 is 5.73 Å². The standard InChI is InChI=1S/C14H25N5O/c1-6-7-10-12-13(18(4)17-10)19(14(15)16-12)11(8-20-5)9(2)3/h9,11H,6-8H2,1-5H3,(H2,15,16). The van der Waals surface area contributed by atoms with Crippen LogP contribution in [0, 0.1) is 5.92 Å². The Morgan fingerprint density at radius 2 is 2.05 bits per heavy atom. The van der Waals surface area contributed by atoms with Crippen molar-refractivity contribution >= 4 is 17.1 Å². The quantitative estimate of drug-likeness (QED) is 0.879. The van der Waals surface area contributed by atoms with E-state index in [9.17, 15) is 0 Å². The minimum atomic E-state index is 0.162. The Kier molecular flexibility index (Phi) is 4.32. The second kappa shape index (κ2) is 5.83. The number of nitrogens with zero attached hydrogens (tertiary/aromatic N) is 4. The molecule has 0 spiro atoms. The van der Waals surface area contributed by atoms with E-state index in [4.69, 9.17) is 10.5 Å². The number of imidazole rings is 1. The third-order valence-corrected chi connectivity index (χ3v) is 3.69. The molecule has 1 atom stereocenters. The highest BCUT2D eigenvalue weighted by atomic mass is 16.5. The Balaban J connectivity index is 2.60. The number of hydrogen-bond acceptors (Lipinski definition) is 4. The molecule has 112 valence electrons. The van der Waals surface area contributed by atoms with Crippen molar-refractivity contribution in [2.45, 2.75) is 39.7 Å². The molecule has 0 saturated carbocycles. The number of aromatic nitrogens is 4. The maximum atomic E-state index is 6.16. The van der Waals surface area contributed by atoms with Gasteiger partial charge in [0.1, 0.15) is 5.52 Å². The fourth-order valence-electron chi connectivity index (χ4n) is 2.69. The van der Waals surface area contributed by atoms with Crippen molar-refractivity contribution in [3.8, 4) is 0 Å². The number of nitrogens with two attached hydrogens (primary N) is 1. The first kappa shape index (κ1) is 14.8. The van der Waals surface area contributed by atoms with Gasteiger partial charge in [-0.3, -0.25) is 9.25 Å². The van der Waals surface area contributed by atoms with Gasteiger partial charge >= 0.3 is 0 Å². The first-order chi connectivity index (χ1) is 9.51. The van der Waals surface area contributed by atoms with E-state index in [1.54, 1.807) is 7.11 Å². The predicted molar refractivity (Wildman–Crippen MR) is 80.7 cm³/mol.